The SMILES string of the molecule is COc1cc(N=Nc2cccc(S(=O)(=O)[O-])c2)ccc1N=Nc1cc(C)ccc1O.[Na+]. The number of aryl methyl sites for hydroxylation is 1. The van der Waals surface area contributed by atoms with Crippen molar-refractivity contribution in [1.29, 1.82) is 0 Å². The Morgan fingerprint density at radius 2 is 1.55 bits per heavy atom. The quantitative estimate of drug-likeness (QED) is 0.351. The molecule has 0 unspecified atom stereocenters. The van der Waals surface area contributed by atoms with Gasteiger partial charge in [-0.05, 0) is 55.0 Å². The van der Waals surface area contributed by atoms with Crippen LogP contribution in [-0.4, -0.2) is 25.2 Å². The molecule has 11 heteroatoms. The van der Waals surface area contributed by atoms with E-state index in [0.717, 1.165) is 11.6 Å². The molecular weight excluding hydrogens is 431 g/mol. The van der Waals surface area contributed by atoms with Crippen molar-refractivity contribution in [2.75, 3.05) is 7.11 Å². The predicted octanol–water partition coefficient (Wildman–Crippen LogP) is 2.45. The second kappa shape index (κ2) is 10.6. The van der Waals surface area contributed by atoms with Gasteiger partial charge in [-0.25, -0.2) is 8.42 Å². The van der Waals surface area contributed by atoms with Crippen molar-refractivity contribution in [1.82, 2.24) is 0 Å². The van der Waals surface area contributed by atoms with E-state index in [9.17, 15) is 18.1 Å². The molecule has 0 aromatic heterocycles. The molecular formula is C20H17N4NaO5S. The Morgan fingerprint density at radius 3 is 2.23 bits per heavy atom. The van der Waals surface area contributed by atoms with Crippen molar-refractivity contribution in [2.24, 2.45) is 20.5 Å². The van der Waals surface area contributed by atoms with Crippen molar-refractivity contribution < 1.29 is 52.4 Å². The van der Waals surface area contributed by atoms with Gasteiger partial charge in [0.1, 0.15) is 33.0 Å². The molecule has 0 bridgehead atoms. The zero-order valence-corrected chi connectivity index (χ0v) is 19.9. The number of phenols is 1. The zero-order valence-electron chi connectivity index (χ0n) is 17.1. The smallest absolute Gasteiger partial charge is 0.744 e. The van der Waals surface area contributed by atoms with Gasteiger partial charge in [-0.3, -0.25) is 0 Å². The average molecular weight is 448 g/mol. The Kier molecular flexibility index (Phi) is 8.43. The Morgan fingerprint density at radius 1 is 0.871 bits per heavy atom. The molecule has 0 spiro atoms. The summed E-state index contributed by atoms with van der Waals surface area (Å²) in [5.74, 6) is 0.384. The minimum absolute atomic E-state index is 0. The van der Waals surface area contributed by atoms with Crippen LogP contribution in [0.5, 0.6) is 11.5 Å². The van der Waals surface area contributed by atoms with Crippen LogP contribution in [0.4, 0.5) is 22.7 Å². The molecule has 0 atom stereocenters. The van der Waals surface area contributed by atoms with E-state index in [1.807, 2.05) is 6.92 Å². The largest absolute Gasteiger partial charge is 1.00 e. The standard InChI is InChI=1S/C20H18N4O5S.Na/c1-13-6-9-19(25)18(10-13)24-23-17-8-7-15(12-20(17)29-2)22-21-14-4-3-5-16(11-14)30(26,27)28;/h3-12,25H,1-2H3,(H,26,27,28);/q;+1/p-1. The Labute approximate surface area is 201 Å². The van der Waals surface area contributed by atoms with Crippen LogP contribution in [0.25, 0.3) is 0 Å². The number of nitrogens with zero attached hydrogens (tertiary/aromatic N) is 4. The van der Waals surface area contributed by atoms with Gasteiger partial charge in [0.2, 0.25) is 0 Å². The summed E-state index contributed by atoms with van der Waals surface area (Å²) in [6, 6.07) is 15.1. The summed E-state index contributed by atoms with van der Waals surface area (Å²) in [7, 11) is -3.11. The van der Waals surface area contributed by atoms with E-state index >= 15 is 0 Å². The molecule has 0 amide bonds. The Hall–Kier alpha value is -2.63. The topological polar surface area (TPSA) is 136 Å². The molecule has 0 heterocycles. The van der Waals surface area contributed by atoms with Crippen LogP contribution in [0.3, 0.4) is 0 Å². The van der Waals surface area contributed by atoms with Crippen LogP contribution >= 0.6 is 0 Å². The Bertz CT molecular complexity index is 1250. The third-order valence-electron chi connectivity index (χ3n) is 3.95. The number of azo groups is 2. The van der Waals surface area contributed by atoms with Crippen molar-refractivity contribution >= 4 is 32.9 Å². The minimum Gasteiger partial charge on any atom is -0.744 e. The van der Waals surface area contributed by atoms with E-state index in [4.69, 9.17) is 4.74 Å². The van der Waals surface area contributed by atoms with Gasteiger partial charge in [0.15, 0.2) is 0 Å². The minimum atomic E-state index is -4.57. The van der Waals surface area contributed by atoms with Gasteiger partial charge in [0, 0.05) is 6.07 Å². The van der Waals surface area contributed by atoms with Gasteiger partial charge in [0.25, 0.3) is 0 Å². The van der Waals surface area contributed by atoms with Gasteiger partial charge in [-0.15, -0.1) is 10.2 Å². The molecule has 0 aliphatic rings. The van der Waals surface area contributed by atoms with Gasteiger partial charge in [-0.2, -0.15) is 10.2 Å². The first-order chi connectivity index (χ1) is 14.3. The number of hydrogen-bond acceptors (Lipinski definition) is 9. The fourth-order valence-electron chi connectivity index (χ4n) is 2.45. The third-order valence-corrected chi connectivity index (χ3v) is 4.78. The molecule has 0 aliphatic heterocycles. The summed E-state index contributed by atoms with van der Waals surface area (Å²) in [4.78, 5) is -0.383. The molecule has 154 valence electrons. The summed E-state index contributed by atoms with van der Waals surface area (Å²) in [5, 5.41) is 26.0. The molecule has 0 saturated heterocycles. The number of hydrogen-bond donors (Lipinski definition) is 1. The molecule has 0 aliphatic carbocycles. The molecule has 31 heavy (non-hydrogen) atoms. The molecule has 0 radical (unpaired) electrons. The summed E-state index contributed by atoms with van der Waals surface area (Å²) < 4.78 is 38.6. The third kappa shape index (κ3) is 6.68. The van der Waals surface area contributed by atoms with Crippen LogP contribution in [0.2, 0.25) is 0 Å². The molecule has 3 aromatic carbocycles. The van der Waals surface area contributed by atoms with E-state index in [-0.39, 0.29) is 45.9 Å². The number of phenolic OH excluding ortho intramolecular Hbond substituents is 1. The normalized spacial score (nSPS) is 11.6. The molecule has 1 N–H and O–H groups in total. The monoisotopic (exact) mass is 448 g/mol. The molecule has 3 aromatic rings. The first kappa shape index (κ1) is 24.6. The van der Waals surface area contributed by atoms with Gasteiger partial charge >= 0.3 is 29.6 Å². The first-order valence-corrected chi connectivity index (χ1v) is 10.0. The fraction of sp³-hybridized carbons (Fsp3) is 0.100. The van der Waals surface area contributed by atoms with Crippen LogP contribution in [-0.2, 0) is 10.1 Å². The molecule has 0 fully saturated rings. The second-order valence-corrected chi connectivity index (χ2v) is 7.58. The summed E-state index contributed by atoms with van der Waals surface area (Å²) >= 11 is 0. The van der Waals surface area contributed by atoms with Crippen molar-refractivity contribution in [3.63, 3.8) is 0 Å². The zero-order chi connectivity index (χ0) is 21.7. The van der Waals surface area contributed by atoms with E-state index in [0.29, 0.717) is 22.8 Å². The molecule has 3 rings (SSSR count). The van der Waals surface area contributed by atoms with Crippen LogP contribution in [0.1, 0.15) is 5.56 Å². The summed E-state index contributed by atoms with van der Waals surface area (Å²) in [5.41, 5.74) is 2.30. The number of benzene rings is 3. The van der Waals surface area contributed by atoms with Crippen LogP contribution in [0.15, 0.2) is 86.0 Å². The number of aromatic hydroxyl groups is 1. The number of rotatable bonds is 6. The predicted molar refractivity (Wildman–Crippen MR) is 109 cm³/mol. The van der Waals surface area contributed by atoms with Crippen molar-refractivity contribution in [3.8, 4) is 11.5 Å². The van der Waals surface area contributed by atoms with Crippen LogP contribution < -0.4 is 34.3 Å². The van der Waals surface area contributed by atoms with E-state index in [2.05, 4.69) is 20.5 Å². The number of methoxy groups -OCH3 is 1. The van der Waals surface area contributed by atoms with Gasteiger partial charge in [-0.1, -0.05) is 12.1 Å². The van der Waals surface area contributed by atoms with Gasteiger partial charge < -0.3 is 14.4 Å². The van der Waals surface area contributed by atoms with Crippen molar-refractivity contribution in [3.05, 3.63) is 66.2 Å². The van der Waals surface area contributed by atoms with Gasteiger partial charge in [0.05, 0.1) is 23.4 Å². The van der Waals surface area contributed by atoms with Crippen molar-refractivity contribution in [2.45, 2.75) is 11.8 Å². The summed E-state index contributed by atoms with van der Waals surface area (Å²) in [6.45, 7) is 1.88. The maximum atomic E-state index is 11.1. The Balaban J connectivity index is 0.00000341. The fourth-order valence-corrected chi connectivity index (χ4v) is 2.96. The summed E-state index contributed by atoms with van der Waals surface area (Å²) in [6.07, 6.45) is 0. The van der Waals surface area contributed by atoms with E-state index in [1.165, 1.54) is 31.4 Å². The second-order valence-electron chi connectivity index (χ2n) is 6.20. The van der Waals surface area contributed by atoms with E-state index < -0.39 is 10.1 Å². The molecule has 0 saturated carbocycles. The van der Waals surface area contributed by atoms with Crippen LogP contribution in [0, 0.1) is 6.92 Å². The maximum absolute atomic E-state index is 11.1. The molecule has 9 nitrogen and oxygen atoms in total. The maximum Gasteiger partial charge on any atom is 1.00 e. The average Bonchev–Trinajstić information content (AvgIpc) is 2.72. The number of ether oxygens (including phenoxy) is 1. The van der Waals surface area contributed by atoms with E-state index in [1.54, 1.807) is 30.3 Å². The first-order valence-electron chi connectivity index (χ1n) is 8.63.